The molecule has 1 heterocycles. The number of aromatic nitrogens is 1. The van der Waals surface area contributed by atoms with Gasteiger partial charge in [0.05, 0.1) is 11.7 Å². The molecule has 3 heteroatoms. The Labute approximate surface area is 114 Å². The lowest BCUT2D eigenvalue weighted by atomic mass is 10.0. The largest absolute Gasteiger partial charge is 0.319 e. The van der Waals surface area contributed by atoms with E-state index < -0.39 is 0 Å². The highest BCUT2D eigenvalue weighted by atomic mass is 35.5. The highest BCUT2D eigenvalue weighted by Gasteiger charge is 2.23. The van der Waals surface area contributed by atoms with Crippen molar-refractivity contribution in [3.05, 3.63) is 65.5 Å². The maximum Gasteiger partial charge on any atom is 0.0726 e. The van der Waals surface area contributed by atoms with Crippen LogP contribution in [0.2, 0.25) is 0 Å². The number of hydrogen-bond acceptors (Lipinski definition) is 2. The summed E-state index contributed by atoms with van der Waals surface area (Å²) < 4.78 is 0. The second-order valence-corrected chi connectivity index (χ2v) is 4.68. The molecule has 1 saturated carbocycles. The van der Waals surface area contributed by atoms with Crippen molar-refractivity contribution in [2.45, 2.75) is 24.8 Å². The Hall–Kier alpha value is -1.38. The summed E-state index contributed by atoms with van der Waals surface area (Å²) >= 11 is 0. The van der Waals surface area contributed by atoms with Gasteiger partial charge in [0.1, 0.15) is 0 Å². The maximum absolute atomic E-state index is 6.20. The smallest absolute Gasteiger partial charge is 0.0726 e. The van der Waals surface area contributed by atoms with Crippen LogP contribution >= 0.6 is 12.4 Å². The van der Waals surface area contributed by atoms with E-state index in [0.29, 0.717) is 0 Å². The van der Waals surface area contributed by atoms with Crippen molar-refractivity contribution < 1.29 is 0 Å². The number of rotatable bonds is 3. The van der Waals surface area contributed by atoms with E-state index in [0.717, 1.165) is 17.2 Å². The lowest BCUT2D eigenvalue weighted by molar-refractivity contribution is 0.824. The summed E-state index contributed by atoms with van der Waals surface area (Å²) in [6.07, 6.45) is 4.60. The molecule has 0 radical (unpaired) electrons. The van der Waals surface area contributed by atoms with Crippen LogP contribution in [0.1, 0.15) is 41.6 Å². The Morgan fingerprint density at radius 1 is 1.06 bits per heavy atom. The van der Waals surface area contributed by atoms with E-state index in [9.17, 15) is 0 Å². The molecule has 1 aliphatic rings. The quantitative estimate of drug-likeness (QED) is 0.918. The number of benzene rings is 1. The molecule has 0 bridgehead atoms. The van der Waals surface area contributed by atoms with E-state index in [1.165, 1.54) is 18.4 Å². The zero-order valence-electron chi connectivity index (χ0n) is 10.1. The summed E-state index contributed by atoms with van der Waals surface area (Å²) in [6.45, 7) is 0. The van der Waals surface area contributed by atoms with Crippen LogP contribution in [0.25, 0.3) is 0 Å². The van der Waals surface area contributed by atoms with Crippen LogP contribution in [-0.4, -0.2) is 4.98 Å². The summed E-state index contributed by atoms with van der Waals surface area (Å²) in [5.41, 5.74) is 9.61. The third kappa shape index (κ3) is 2.71. The van der Waals surface area contributed by atoms with E-state index >= 15 is 0 Å². The highest BCUT2D eigenvalue weighted by Crippen LogP contribution is 2.39. The van der Waals surface area contributed by atoms with Crippen LogP contribution in [0.5, 0.6) is 0 Å². The minimum Gasteiger partial charge on any atom is -0.319 e. The van der Waals surface area contributed by atoms with Crippen LogP contribution in [0.15, 0.2) is 48.7 Å². The minimum absolute atomic E-state index is 0. The molecule has 2 nitrogen and oxygen atoms in total. The molecule has 1 aliphatic carbocycles. The van der Waals surface area contributed by atoms with Crippen molar-refractivity contribution in [3.63, 3.8) is 0 Å². The van der Waals surface area contributed by atoms with Gasteiger partial charge >= 0.3 is 0 Å². The van der Waals surface area contributed by atoms with Gasteiger partial charge in [0.2, 0.25) is 0 Å². The fraction of sp³-hybridized carbons (Fsp3) is 0.267. The lowest BCUT2D eigenvalue weighted by Gasteiger charge is -2.11. The van der Waals surface area contributed by atoms with Gasteiger partial charge < -0.3 is 5.73 Å². The van der Waals surface area contributed by atoms with Gasteiger partial charge in [-0.3, -0.25) is 4.98 Å². The predicted molar refractivity (Wildman–Crippen MR) is 75.9 cm³/mol. The van der Waals surface area contributed by atoms with Crippen LogP contribution in [0.4, 0.5) is 0 Å². The molecule has 1 atom stereocenters. The Bertz CT molecular complexity index is 492. The number of hydrogen-bond donors (Lipinski definition) is 1. The Morgan fingerprint density at radius 3 is 2.33 bits per heavy atom. The molecular formula is C15H17ClN2. The molecule has 0 aliphatic heterocycles. The van der Waals surface area contributed by atoms with Crippen LogP contribution in [0, 0.1) is 0 Å². The van der Waals surface area contributed by atoms with E-state index in [-0.39, 0.29) is 18.4 Å². The van der Waals surface area contributed by atoms with Gasteiger partial charge in [-0.25, -0.2) is 0 Å². The van der Waals surface area contributed by atoms with Crippen molar-refractivity contribution >= 4 is 12.4 Å². The van der Waals surface area contributed by atoms with Crippen LogP contribution in [-0.2, 0) is 0 Å². The first kappa shape index (κ1) is 13.1. The molecular weight excluding hydrogens is 244 g/mol. The standard InChI is InChI=1S/C15H16N2.ClH/c16-15(12-4-2-1-3-5-12)14-9-8-13(10-17-14)11-6-7-11;/h1-5,8-11,15H,6-7,16H2;1H. The average molecular weight is 261 g/mol. The molecule has 3 rings (SSSR count). The Morgan fingerprint density at radius 2 is 1.78 bits per heavy atom. The topological polar surface area (TPSA) is 38.9 Å². The zero-order chi connectivity index (χ0) is 11.7. The van der Waals surface area contributed by atoms with Gasteiger partial charge in [-0.15, -0.1) is 12.4 Å². The van der Waals surface area contributed by atoms with Crippen LogP contribution < -0.4 is 5.73 Å². The molecule has 94 valence electrons. The van der Waals surface area contributed by atoms with Gasteiger partial charge in [-0.1, -0.05) is 36.4 Å². The summed E-state index contributed by atoms with van der Waals surface area (Å²) in [6, 6.07) is 14.2. The number of halogens is 1. The molecule has 1 unspecified atom stereocenters. The minimum atomic E-state index is -0.121. The van der Waals surface area contributed by atoms with Crippen molar-refractivity contribution in [2.24, 2.45) is 5.73 Å². The summed E-state index contributed by atoms with van der Waals surface area (Å²) in [4.78, 5) is 4.49. The van der Waals surface area contributed by atoms with Crippen molar-refractivity contribution in [1.82, 2.24) is 4.98 Å². The molecule has 1 fully saturated rings. The number of nitrogens with two attached hydrogens (primary N) is 1. The molecule has 1 aromatic carbocycles. The maximum atomic E-state index is 6.20. The predicted octanol–water partition coefficient (Wildman–Crippen LogP) is 3.43. The molecule has 0 saturated heterocycles. The average Bonchev–Trinajstić information content (AvgIpc) is 3.24. The first-order chi connectivity index (χ1) is 8.34. The second-order valence-electron chi connectivity index (χ2n) is 4.68. The monoisotopic (exact) mass is 260 g/mol. The fourth-order valence-electron chi connectivity index (χ4n) is 2.09. The van der Waals surface area contributed by atoms with Crippen LogP contribution in [0.3, 0.4) is 0 Å². The third-order valence-corrected chi connectivity index (χ3v) is 3.34. The lowest BCUT2D eigenvalue weighted by Crippen LogP contribution is -2.13. The summed E-state index contributed by atoms with van der Waals surface area (Å²) in [5.74, 6) is 0.754. The summed E-state index contributed by atoms with van der Waals surface area (Å²) in [7, 11) is 0. The molecule has 1 aromatic heterocycles. The van der Waals surface area contributed by atoms with Crippen molar-refractivity contribution in [3.8, 4) is 0 Å². The van der Waals surface area contributed by atoms with Gasteiger partial charge in [-0.05, 0) is 36.0 Å². The Kier molecular flexibility index (Phi) is 4.00. The van der Waals surface area contributed by atoms with Crippen molar-refractivity contribution in [2.75, 3.05) is 0 Å². The fourth-order valence-corrected chi connectivity index (χ4v) is 2.09. The molecule has 2 N–H and O–H groups in total. The van der Waals surface area contributed by atoms with Crippen molar-refractivity contribution in [1.29, 1.82) is 0 Å². The second kappa shape index (κ2) is 5.51. The summed E-state index contributed by atoms with van der Waals surface area (Å²) in [5, 5.41) is 0. The van der Waals surface area contributed by atoms with Gasteiger partial charge in [0.15, 0.2) is 0 Å². The zero-order valence-corrected chi connectivity index (χ0v) is 10.9. The highest BCUT2D eigenvalue weighted by molar-refractivity contribution is 5.85. The van der Waals surface area contributed by atoms with E-state index in [4.69, 9.17) is 5.73 Å². The first-order valence-corrected chi connectivity index (χ1v) is 6.11. The Balaban J connectivity index is 0.00000120. The normalized spacial score (nSPS) is 15.8. The van der Waals surface area contributed by atoms with E-state index in [2.05, 4.69) is 17.1 Å². The van der Waals surface area contributed by atoms with Gasteiger partial charge in [0, 0.05) is 6.20 Å². The van der Waals surface area contributed by atoms with E-state index in [1.54, 1.807) is 0 Å². The van der Waals surface area contributed by atoms with Gasteiger partial charge in [0.25, 0.3) is 0 Å². The number of pyridine rings is 1. The third-order valence-electron chi connectivity index (χ3n) is 3.34. The molecule has 0 spiro atoms. The first-order valence-electron chi connectivity index (χ1n) is 6.11. The van der Waals surface area contributed by atoms with Gasteiger partial charge in [-0.2, -0.15) is 0 Å². The SMILES string of the molecule is Cl.NC(c1ccccc1)c1ccc(C2CC2)cn1. The number of nitrogens with zero attached hydrogens (tertiary/aromatic N) is 1. The molecule has 2 aromatic rings. The molecule has 0 amide bonds. The molecule has 18 heavy (non-hydrogen) atoms. The van der Waals surface area contributed by atoms with E-state index in [1.807, 2.05) is 36.5 Å².